The average molecular weight is 383 g/mol. The molecule has 1 rings (SSSR count). The lowest BCUT2D eigenvalue weighted by molar-refractivity contribution is -0.277. The Bertz CT molecular complexity index is 553. The van der Waals surface area contributed by atoms with Crippen LogP contribution in [0.5, 0.6) is 0 Å². The van der Waals surface area contributed by atoms with Crippen molar-refractivity contribution in [1.29, 1.82) is 0 Å². The van der Waals surface area contributed by atoms with E-state index in [4.69, 9.17) is 14.5 Å². The number of aliphatic hydroxyl groups is 1. The Morgan fingerprint density at radius 3 is 2.25 bits per heavy atom. The largest absolute Gasteiger partial charge is 0.445 e. The molecule has 1 aromatic carbocycles. The smallest absolute Gasteiger partial charge is 0.407 e. The molecule has 0 heterocycles. The number of carbonyl (C=O) groups excluding carboxylic acids is 1. The van der Waals surface area contributed by atoms with E-state index in [1.54, 1.807) is 24.3 Å². The van der Waals surface area contributed by atoms with Gasteiger partial charge in [-0.05, 0) is 12.0 Å². The van der Waals surface area contributed by atoms with Gasteiger partial charge in [-0.1, -0.05) is 30.3 Å². The summed E-state index contributed by atoms with van der Waals surface area (Å²) in [5, 5.41) is 12.1. The summed E-state index contributed by atoms with van der Waals surface area (Å²) in [7, 11) is -7.20. The Hall–Kier alpha value is -1.25. The van der Waals surface area contributed by atoms with Crippen molar-refractivity contribution < 1.29 is 42.6 Å². The summed E-state index contributed by atoms with van der Waals surface area (Å²) < 4.78 is 34.6. The highest BCUT2D eigenvalue weighted by atomic mass is 31.1. The van der Waals surface area contributed by atoms with Gasteiger partial charge in [-0.25, -0.2) is 4.79 Å². The second-order valence-corrected chi connectivity index (χ2v) is 6.01. The Balaban J connectivity index is 2.30. The second kappa shape index (κ2) is 10.6. The number of alkyl carbamates (subject to hydrolysis) is 1. The molecule has 4 N–H and O–H groups in total. The third kappa shape index (κ3) is 9.14. The molecule has 0 fully saturated rings. The van der Waals surface area contributed by atoms with Gasteiger partial charge < -0.3 is 24.9 Å². The van der Waals surface area contributed by atoms with Gasteiger partial charge in [0.25, 0.3) is 5.97 Å². The maximum absolute atomic E-state index is 11.5. The molecule has 1 amide bonds. The van der Waals surface area contributed by atoms with E-state index in [9.17, 15) is 19.0 Å². The van der Waals surface area contributed by atoms with E-state index in [0.29, 0.717) is 0 Å². The maximum atomic E-state index is 11.5. The Labute approximate surface area is 139 Å². The average Bonchev–Trinajstić information content (AvgIpc) is 2.49. The molecule has 0 radical (unpaired) electrons. The van der Waals surface area contributed by atoms with Crippen LogP contribution in [0.15, 0.2) is 30.3 Å². The SMILES string of the molecule is O=C(NCCCC(O)(O[PH](=O)O)O[PH](=O)O)OCc1ccccc1. The molecule has 2 atom stereocenters. The highest BCUT2D eigenvalue weighted by Gasteiger charge is 2.33. The van der Waals surface area contributed by atoms with Crippen LogP contribution in [0.4, 0.5) is 4.79 Å². The molecule has 0 aliphatic heterocycles. The molecule has 12 heteroatoms. The lowest BCUT2D eigenvalue weighted by atomic mass is 10.2. The summed E-state index contributed by atoms with van der Waals surface area (Å²) in [4.78, 5) is 28.8. The van der Waals surface area contributed by atoms with Crippen molar-refractivity contribution in [2.24, 2.45) is 0 Å². The molecular formula is C12H19NO9P2. The second-order valence-electron chi connectivity index (χ2n) is 4.54. The normalized spacial score (nSPS) is 16.0. The molecule has 1 aromatic rings. The third-order valence-electron chi connectivity index (χ3n) is 2.65. The first kappa shape index (κ1) is 20.8. The maximum Gasteiger partial charge on any atom is 0.407 e. The van der Waals surface area contributed by atoms with Gasteiger partial charge in [-0.2, -0.15) is 0 Å². The zero-order chi connectivity index (χ0) is 18.0. The van der Waals surface area contributed by atoms with E-state index >= 15 is 0 Å². The minimum absolute atomic E-state index is 0.0153. The molecule has 0 saturated carbocycles. The molecule has 0 aromatic heterocycles. The molecule has 24 heavy (non-hydrogen) atoms. The fourth-order valence-corrected chi connectivity index (χ4v) is 2.59. The molecule has 10 nitrogen and oxygen atoms in total. The van der Waals surface area contributed by atoms with E-state index in [1.165, 1.54) is 0 Å². The Kier molecular flexibility index (Phi) is 9.17. The van der Waals surface area contributed by atoms with Crippen molar-refractivity contribution in [2.45, 2.75) is 25.4 Å². The van der Waals surface area contributed by atoms with Crippen LogP contribution in [0.1, 0.15) is 18.4 Å². The zero-order valence-corrected chi connectivity index (χ0v) is 14.5. The van der Waals surface area contributed by atoms with Crippen molar-refractivity contribution in [3.8, 4) is 0 Å². The number of nitrogens with one attached hydrogen (secondary N) is 1. The molecule has 136 valence electrons. The number of hydrogen-bond acceptors (Lipinski definition) is 7. The van der Waals surface area contributed by atoms with E-state index in [1.807, 2.05) is 6.07 Å². The van der Waals surface area contributed by atoms with Crippen LogP contribution in [0.25, 0.3) is 0 Å². The molecule has 0 spiro atoms. The number of amides is 1. The van der Waals surface area contributed by atoms with Crippen molar-refractivity contribution >= 4 is 22.6 Å². The zero-order valence-electron chi connectivity index (χ0n) is 12.5. The molecule has 0 saturated heterocycles. The van der Waals surface area contributed by atoms with Crippen molar-refractivity contribution in [3.63, 3.8) is 0 Å². The fourth-order valence-electron chi connectivity index (χ4n) is 1.67. The Morgan fingerprint density at radius 2 is 1.71 bits per heavy atom. The van der Waals surface area contributed by atoms with Crippen LogP contribution in [-0.4, -0.2) is 33.5 Å². The summed E-state index contributed by atoms with van der Waals surface area (Å²) in [5.41, 5.74) is 0.810. The van der Waals surface area contributed by atoms with E-state index < -0.39 is 35.0 Å². The minimum atomic E-state index is -3.60. The number of rotatable bonds is 10. The number of ether oxygens (including phenoxy) is 1. The molecule has 2 unspecified atom stereocenters. The lowest BCUT2D eigenvalue weighted by Gasteiger charge is -2.24. The van der Waals surface area contributed by atoms with Gasteiger partial charge in [0.1, 0.15) is 6.61 Å². The summed E-state index contributed by atoms with van der Waals surface area (Å²) >= 11 is 0. The van der Waals surface area contributed by atoms with Crippen LogP contribution < -0.4 is 5.32 Å². The van der Waals surface area contributed by atoms with Gasteiger partial charge in [0.2, 0.25) is 0 Å². The third-order valence-corrected chi connectivity index (χ3v) is 3.63. The lowest BCUT2D eigenvalue weighted by Crippen LogP contribution is -2.33. The summed E-state index contributed by atoms with van der Waals surface area (Å²) in [6.45, 7) is 0.100. The predicted octanol–water partition coefficient (Wildman–Crippen LogP) is 1.14. The highest BCUT2D eigenvalue weighted by molar-refractivity contribution is 7.33. The van der Waals surface area contributed by atoms with E-state index in [-0.39, 0.29) is 19.6 Å². The molecular weight excluding hydrogens is 364 g/mol. The van der Waals surface area contributed by atoms with E-state index in [0.717, 1.165) is 5.56 Å². The monoisotopic (exact) mass is 383 g/mol. The minimum Gasteiger partial charge on any atom is -0.445 e. The first-order valence-corrected chi connectivity index (χ1v) is 9.34. The van der Waals surface area contributed by atoms with Crippen molar-refractivity contribution in [3.05, 3.63) is 35.9 Å². The topological polar surface area (TPSA) is 152 Å². The molecule has 0 bridgehead atoms. The van der Waals surface area contributed by atoms with Gasteiger partial charge in [0.15, 0.2) is 0 Å². The number of hydrogen-bond donors (Lipinski definition) is 4. The van der Waals surface area contributed by atoms with Crippen molar-refractivity contribution in [1.82, 2.24) is 5.32 Å². The van der Waals surface area contributed by atoms with Crippen LogP contribution in [-0.2, 0) is 29.5 Å². The van der Waals surface area contributed by atoms with Gasteiger partial charge in [-0.15, -0.1) is 0 Å². The van der Waals surface area contributed by atoms with Gasteiger partial charge >= 0.3 is 22.6 Å². The highest BCUT2D eigenvalue weighted by Crippen LogP contribution is 2.35. The van der Waals surface area contributed by atoms with Crippen molar-refractivity contribution in [2.75, 3.05) is 6.54 Å². The summed E-state index contributed by atoms with van der Waals surface area (Å²) in [6, 6.07) is 9.01. The first-order chi connectivity index (χ1) is 11.3. The van der Waals surface area contributed by atoms with Gasteiger partial charge in [0, 0.05) is 13.0 Å². The standard InChI is InChI=1S/C12H19NO9P2/c14-11(20-9-10-5-2-1-3-6-10)13-8-4-7-12(15,21-23(16)17)22-24(18)19/h1-3,5-6,15,23-24H,4,7-9H2,(H,13,14)(H,16,17)(H,18,19). The van der Waals surface area contributed by atoms with Crippen LogP contribution in [0, 0.1) is 0 Å². The van der Waals surface area contributed by atoms with E-state index in [2.05, 4.69) is 14.4 Å². The number of carbonyl (C=O) groups is 1. The van der Waals surface area contributed by atoms with Crippen LogP contribution in [0.3, 0.4) is 0 Å². The van der Waals surface area contributed by atoms with Crippen LogP contribution in [0.2, 0.25) is 0 Å². The molecule has 0 aliphatic carbocycles. The van der Waals surface area contributed by atoms with Gasteiger partial charge in [-0.3, -0.25) is 18.2 Å². The van der Waals surface area contributed by atoms with Crippen LogP contribution >= 0.6 is 16.5 Å². The quantitative estimate of drug-likeness (QED) is 0.265. The van der Waals surface area contributed by atoms with Gasteiger partial charge in [0.05, 0.1) is 0 Å². The summed E-state index contributed by atoms with van der Waals surface area (Å²) in [5.74, 6) is -2.68. The predicted molar refractivity (Wildman–Crippen MR) is 83.4 cm³/mol. The number of benzene rings is 1. The summed E-state index contributed by atoms with van der Waals surface area (Å²) in [6.07, 6.45) is -1.09. The first-order valence-electron chi connectivity index (χ1n) is 6.81. The molecule has 0 aliphatic rings. The fraction of sp³-hybridized carbons (Fsp3) is 0.417. The Morgan fingerprint density at radius 1 is 1.12 bits per heavy atom.